The highest BCUT2D eigenvalue weighted by atomic mass is 16.5. The molecule has 5 rings (SSSR count). The second kappa shape index (κ2) is 8.45. The molecule has 1 aliphatic carbocycles. The van der Waals surface area contributed by atoms with Gasteiger partial charge in [0.15, 0.2) is 0 Å². The number of para-hydroxylation sites is 2. The quantitative estimate of drug-likeness (QED) is 0.632. The number of benzene rings is 2. The van der Waals surface area contributed by atoms with Crippen molar-refractivity contribution in [1.29, 1.82) is 0 Å². The number of ether oxygens (including phenoxy) is 1. The lowest BCUT2D eigenvalue weighted by Crippen LogP contribution is -2.28. The first-order chi connectivity index (χ1) is 15.6. The average molecular weight is 432 g/mol. The highest BCUT2D eigenvalue weighted by Gasteiger charge is 2.35. The standard InChI is InChI=1S/C24H24N4O4/c1-31-20-11-3-2-10-19(20)25-23(30)17-13-21(29)28(14-17)18-9-5-8-16(12-18)22-26-24(32-27-22)15-6-4-7-15/h2-3,5,8-12,15,17H,4,6-7,13-14H2,1H3,(H,25,30). The van der Waals surface area contributed by atoms with Crippen LogP contribution in [0.25, 0.3) is 11.4 Å². The van der Waals surface area contributed by atoms with Crippen LogP contribution in [0, 0.1) is 5.92 Å². The van der Waals surface area contributed by atoms with E-state index in [1.165, 1.54) is 6.42 Å². The lowest BCUT2D eigenvalue weighted by atomic mass is 9.85. The minimum atomic E-state index is -0.452. The van der Waals surface area contributed by atoms with Crippen LogP contribution in [-0.2, 0) is 9.59 Å². The van der Waals surface area contributed by atoms with Gasteiger partial charge in [0, 0.05) is 30.1 Å². The number of hydrogen-bond donors (Lipinski definition) is 1. The molecule has 2 aliphatic rings. The lowest BCUT2D eigenvalue weighted by Gasteiger charge is -2.20. The monoisotopic (exact) mass is 432 g/mol. The maximum absolute atomic E-state index is 12.8. The van der Waals surface area contributed by atoms with Gasteiger partial charge in [-0.05, 0) is 37.1 Å². The van der Waals surface area contributed by atoms with Crippen molar-refractivity contribution in [2.75, 3.05) is 23.9 Å². The van der Waals surface area contributed by atoms with Gasteiger partial charge >= 0.3 is 0 Å². The van der Waals surface area contributed by atoms with E-state index in [2.05, 4.69) is 15.5 Å². The SMILES string of the molecule is COc1ccccc1NC(=O)C1CC(=O)N(c2cccc(-c3noc(C4CCC4)n3)c2)C1. The Bertz CT molecular complexity index is 1150. The van der Waals surface area contributed by atoms with Crippen LogP contribution in [0.1, 0.15) is 37.5 Å². The van der Waals surface area contributed by atoms with E-state index >= 15 is 0 Å². The van der Waals surface area contributed by atoms with Gasteiger partial charge in [-0.2, -0.15) is 4.98 Å². The molecule has 1 atom stereocenters. The predicted molar refractivity (Wildman–Crippen MR) is 118 cm³/mol. The third-order valence-electron chi connectivity index (χ3n) is 6.17. The Kier molecular flexibility index (Phi) is 5.34. The first kappa shape index (κ1) is 20.2. The summed E-state index contributed by atoms with van der Waals surface area (Å²) in [6.07, 6.45) is 3.52. The zero-order valence-electron chi connectivity index (χ0n) is 17.8. The minimum Gasteiger partial charge on any atom is -0.495 e. The second-order valence-corrected chi connectivity index (χ2v) is 8.23. The van der Waals surface area contributed by atoms with Gasteiger partial charge in [0.1, 0.15) is 5.75 Å². The van der Waals surface area contributed by atoms with E-state index in [1.54, 1.807) is 24.1 Å². The van der Waals surface area contributed by atoms with Gasteiger partial charge in [-0.15, -0.1) is 0 Å². The number of aromatic nitrogens is 2. The van der Waals surface area contributed by atoms with E-state index in [9.17, 15) is 9.59 Å². The minimum absolute atomic E-state index is 0.0920. The van der Waals surface area contributed by atoms with Gasteiger partial charge in [0.2, 0.25) is 23.5 Å². The molecule has 2 fully saturated rings. The molecule has 3 aromatic rings. The second-order valence-electron chi connectivity index (χ2n) is 8.23. The van der Waals surface area contributed by atoms with Crippen molar-refractivity contribution >= 4 is 23.2 Å². The van der Waals surface area contributed by atoms with Crippen molar-refractivity contribution in [2.24, 2.45) is 5.92 Å². The molecule has 0 spiro atoms. The molecule has 1 unspecified atom stereocenters. The molecule has 8 heteroatoms. The number of nitrogens with one attached hydrogen (secondary N) is 1. The van der Waals surface area contributed by atoms with Crippen molar-refractivity contribution in [2.45, 2.75) is 31.6 Å². The van der Waals surface area contributed by atoms with Gasteiger partial charge in [0.25, 0.3) is 0 Å². The molecule has 1 saturated carbocycles. The normalized spacial score (nSPS) is 18.5. The Morgan fingerprint density at radius 2 is 2.03 bits per heavy atom. The van der Waals surface area contributed by atoms with Crippen LogP contribution in [-0.4, -0.2) is 35.6 Å². The molecule has 1 aliphatic heterocycles. The smallest absolute Gasteiger partial charge is 0.230 e. The van der Waals surface area contributed by atoms with Crippen molar-refractivity contribution < 1.29 is 18.8 Å². The Hall–Kier alpha value is -3.68. The van der Waals surface area contributed by atoms with E-state index in [0.717, 1.165) is 24.1 Å². The van der Waals surface area contributed by atoms with E-state index in [-0.39, 0.29) is 18.2 Å². The predicted octanol–water partition coefficient (Wildman–Crippen LogP) is 4.00. The van der Waals surface area contributed by atoms with Crippen LogP contribution < -0.4 is 15.0 Å². The van der Waals surface area contributed by atoms with Crippen LogP contribution in [0.5, 0.6) is 5.75 Å². The topological polar surface area (TPSA) is 97.6 Å². The summed E-state index contributed by atoms with van der Waals surface area (Å²) in [6.45, 7) is 0.308. The van der Waals surface area contributed by atoms with Crippen LogP contribution in [0.4, 0.5) is 11.4 Å². The number of nitrogens with zero attached hydrogens (tertiary/aromatic N) is 3. The summed E-state index contributed by atoms with van der Waals surface area (Å²) in [7, 11) is 1.55. The third kappa shape index (κ3) is 3.84. The summed E-state index contributed by atoms with van der Waals surface area (Å²) < 4.78 is 10.7. The van der Waals surface area contributed by atoms with Crippen molar-refractivity contribution in [3.63, 3.8) is 0 Å². The highest BCUT2D eigenvalue weighted by Crippen LogP contribution is 2.36. The number of hydrogen-bond acceptors (Lipinski definition) is 6. The fourth-order valence-electron chi connectivity index (χ4n) is 4.10. The van der Waals surface area contributed by atoms with Crippen LogP contribution >= 0.6 is 0 Å². The van der Waals surface area contributed by atoms with Gasteiger partial charge < -0.3 is 19.5 Å². The lowest BCUT2D eigenvalue weighted by molar-refractivity contribution is -0.122. The molecule has 1 saturated heterocycles. The largest absolute Gasteiger partial charge is 0.495 e. The molecule has 0 bridgehead atoms. The summed E-state index contributed by atoms with van der Waals surface area (Å²) >= 11 is 0. The molecule has 164 valence electrons. The Morgan fingerprint density at radius 1 is 1.19 bits per heavy atom. The highest BCUT2D eigenvalue weighted by molar-refractivity contribution is 6.04. The van der Waals surface area contributed by atoms with Crippen molar-refractivity contribution in [3.8, 4) is 17.1 Å². The number of amides is 2. The molecule has 2 amide bonds. The number of methoxy groups -OCH3 is 1. The van der Waals surface area contributed by atoms with Gasteiger partial charge in [-0.1, -0.05) is 35.8 Å². The summed E-state index contributed by atoms with van der Waals surface area (Å²) in [6, 6.07) is 14.7. The first-order valence-electron chi connectivity index (χ1n) is 10.8. The van der Waals surface area contributed by atoms with Crippen molar-refractivity contribution in [3.05, 3.63) is 54.4 Å². The molecule has 1 N–H and O–H groups in total. The summed E-state index contributed by atoms with van der Waals surface area (Å²) in [5.41, 5.74) is 2.09. The van der Waals surface area contributed by atoms with Crippen molar-refractivity contribution in [1.82, 2.24) is 10.1 Å². The Balaban J connectivity index is 1.30. The maximum Gasteiger partial charge on any atom is 0.230 e. The number of rotatable bonds is 6. The zero-order valence-corrected chi connectivity index (χ0v) is 17.8. The Morgan fingerprint density at radius 3 is 2.81 bits per heavy atom. The number of anilines is 2. The molecular formula is C24H24N4O4. The molecule has 0 radical (unpaired) electrons. The van der Waals surface area contributed by atoms with Crippen LogP contribution in [0.3, 0.4) is 0 Å². The molecule has 2 heterocycles. The zero-order chi connectivity index (χ0) is 22.1. The van der Waals surface area contributed by atoms with E-state index in [4.69, 9.17) is 9.26 Å². The fourth-order valence-corrected chi connectivity index (χ4v) is 4.10. The number of carbonyl (C=O) groups excluding carboxylic acids is 2. The molecule has 2 aromatic carbocycles. The van der Waals surface area contributed by atoms with Crippen LogP contribution in [0.15, 0.2) is 53.1 Å². The summed E-state index contributed by atoms with van der Waals surface area (Å²) in [5, 5.41) is 7.00. The molecule has 8 nitrogen and oxygen atoms in total. The number of carbonyl (C=O) groups is 2. The summed E-state index contributed by atoms with van der Waals surface area (Å²) in [4.78, 5) is 31.7. The first-order valence-corrected chi connectivity index (χ1v) is 10.8. The third-order valence-corrected chi connectivity index (χ3v) is 6.17. The molecule has 32 heavy (non-hydrogen) atoms. The molecule has 1 aromatic heterocycles. The average Bonchev–Trinajstić information content (AvgIpc) is 3.40. The van der Waals surface area contributed by atoms with E-state index in [0.29, 0.717) is 35.6 Å². The van der Waals surface area contributed by atoms with Gasteiger partial charge in [-0.25, -0.2) is 0 Å². The van der Waals surface area contributed by atoms with E-state index < -0.39 is 5.92 Å². The Labute approximate surface area is 185 Å². The molecular weight excluding hydrogens is 408 g/mol. The summed E-state index contributed by atoms with van der Waals surface area (Å²) in [5.74, 6) is 1.40. The van der Waals surface area contributed by atoms with Gasteiger partial charge in [0.05, 0.1) is 18.7 Å². The van der Waals surface area contributed by atoms with E-state index in [1.807, 2.05) is 36.4 Å². The van der Waals surface area contributed by atoms with Gasteiger partial charge in [-0.3, -0.25) is 9.59 Å². The maximum atomic E-state index is 12.8. The van der Waals surface area contributed by atoms with Crippen LogP contribution in [0.2, 0.25) is 0 Å². The fraction of sp³-hybridized carbons (Fsp3) is 0.333.